The van der Waals surface area contributed by atoms with Gasteiger partial charge in [-0.25, -0.2) is 0 Å². The Kier molecular flexibility index (Phi) is 9.15. The first-order chi connectivity index (χ1) is 6.56. The number of unbranched alkanes of at least 4 members (excludes halogenated alkanes) is 6. The van der Waals surface area contributed by atoms with Gasteiger partial charge in [-0.2, -0.15) is 0 Å². The van der Waals surface area contributed by atoms with Crippen molar-refractivity contribution in [1.29, 1.82) is 0 Å². The topological polar surface area (TPSA) is 0 Å². The number of hydrogen-bond acceptors (Lipinski definition) is 0. The molecule has 0 unspecified atom stereocenters. The summed E-state index contributed by atoms with van der Waals surface area (Å²) in [6.07, 6.45) is 11.5. The van der Waals surface area contributed by atoms with Gasteiger partial charge in [-0.1, -0.05) is 38.2 Å². The Morgan fingerprint density at radius 3 is 2.00 bits per heavy atom. The van der Waals surface area contributed by atoms with E-state index in [1.807, 2.05) is 6.08 Å². The summed E-state index contributed by atoms with van der Waals surface area (Å²) in [4.78, 5) is 0. The van der Waals surface area contributed by atoms with Crippen molar-refractivity contribution in [2.75, 3.05) is 0 Å². The lowest BCUT2D eigenvalue weighted by Crippen LogP contribution is -2.11. The molecule has 0 atom stereocenters. The van der Waals surface area contributed by atoms with Gasteiger partial charge in [0.25, 0.3) is 0 Å². The van der Waals surface area contributed by atoms with Gasteiger partial charge in [0.2, 0.25) is 0 Å². The fourth-order valence-corrected chi connectivity index (χ4v) is 1.79. The number of halogens is 2. The summed E-state index contributed by atoms with van der Waals surface area (Å²) in [6, 6.07) is 0. The fraction of sp³-hybridized carbons (Fsp3) is 0.818. The van der Waals surface area contributed by atoms with Crippen molar-refractivity contribution in [1.82, 2.24) is 0 Å². The molecule has 0 aliphatic heterocycles. The molecule has 0 aromatic heterocycles. The Labute approximate surface area is 101 Å². The summed E-state index contributed by atoms with van der Waals surface area (Å²) in [5, 5.41) is 0. The Hall–Kier alpha value is 0.537. The van der Waals surface area contributed by atoms with Crippen LogP contribution in [0.4, 0.5) is 0 Å². The third-order valence-electron chi connectivity index (χ3n) is 2.15. The summed E-state index contributed by atoms with van der Waals surface area (Å²) < 4.78 is -0.719. The van der Waals surface area contributed by atoms with E-state index in [-0.39, 0.29) is 0 Å². The van der Waals surface area contributed by atoms with E-state index in [1.54, 1.807) is 0 Å². The molecule has 0 aliphatic rings. The molecule has 0 fully saturated rings. The lowest BCUT2D eigenvalue weighted by atomic mass is 10.1. The molecule has 0 spiro atoms. The van der Waals surface area contributed by atoms with Crippen LogP contribution >= 0.6 is 23.2 Å². The van der Waals surface area contributed by atoms with Gasteiger partial charge in [-0.05, 0) is 19.3 Å². The molecule has 0 amide bonds. The summed E-state index contributed by atoms with van der Waals surface area (Å²) in [6.45, 7) is 3.70. The van der Waals surface area contributed by atoms with E-state index in [9.17, 15) is 0 Å². The summed E-state index contributed by atoms with van der Waals surface area (Å²) in [5.74, 6) is 0. The molecular weight excluding hydrogens is 231 g/mol. The summed E-state index contributed by atoms with van der Waals surface area (Å²) in [5.41, 5.74) is 0. The van der Waals surface area contributed by atoms with E-state index < -0.39 is 3.96 Å². The number of hydrogen-bond donors (Lipinski definition) is 0. The maximum atomic E-state index is 5.78. The highest BCUT2D eigenvalue weighted by molar-refractivity contribution is 6.65. The number of allylic oxidation sites excluding steroid dienone is 1. The monoisotopic (exact) mass is 249 g/mol. The van der Waals surface area contributed by atoms with Crippen LogP contribution < -0.4 is 0 Å². The van der Waals surface area contributed by atoms with Crippen molar-refractivity contribution in [2.45, 2.75) is 55.3 Å². The lowest BCUT2D eigenvalue weighted by Gasteiger charge is -2.11. The summed E-state index contributed by atoms with van der Waals surface area (Å²) >= 11 is 11.6. The average molecular weight is 250 g/mol. The lowest BCUT2D eigenvalue weighted by molar-refractivity contribution is 0.584. The molecule has 0 N–H and O–H groups in total. The molecule has 0 aromatic rings. The molecule has 0 saturated heterocycles. The van der Waals surface area contributed by atoms with Crippen molar-refractivity contribution >= 4 is 33.4 Å². The first-order valence-electron chi connectivity index (χ1n) is 5.30. The average Bonchev–Trinajstić information content (AvgIpc) is 2.08. The minimum absolute atomic E-state index is 0.719. The number of alkyl halides is 2. The predicted octanol–water partition coefficient (Wildman–Crippen LogP) is 4.59. The van der Waals surface area contributed by atoms with E-state index in [1.165, 1.54) is 32.1 Å². The Balaban J connectivity index is 3.03. The molecule has 14 heavy (non-hydrogen) atoms. The second-order valence-electron chi connectivity index (χ2n) is 3.65. The standard InChI is InChI=1S/C11H19Cl2Si/c1-2-3-4-5-6-7-8-9-10-11(12,13)14/h2H,1,3-10H2. The van der Waals surface area contributed by atoms with Crippen LogP contribution in [0.15, 0.2) is 12.7 Å². The smallest absolute Gasteiger partial charge is 0.0998 e. The van der Waals surface area contributed by atoms with E-state index >= 15 is 0 Å². The van der Waals surface area contributed by atoms with Gasteiger partial charge in [0, 0.05) is 0 Å². The Bertz CT molecular complexity index is 141. The van der Waals surface area contributed by atoms with Crippen LogP contribution in [-0.4, -0.2) is 14.2 Å². The zero-order valence-corrected chi connectivity index (χ0v) is 11.2. The van der Waals surface area contributed by atoms with Gasteiger partial charge in [-0.15, -0.1) is 29.8 Å². The minimum Gasteiger partial charge on any atom is -0.107 e. The van der Waals surface area contributed by atoms with Crippen molar-refractivity contribution in [2.24, 2.45) is 0 Å². The molecule has 3 radical (unpaired) electrons. The quantitative estimate of drug-likeness (QED) is 0.243. The van der Waals surface area contributed by atoms with Gasteiger partial charge in [0.1, 0.15) is 0 Å². The molecule has 0 nitrogen and oxygen atoms in total. The van der Waals surface area contributed by atoms with Crippen LogP contribution in [0.1, 0.15) is 51.4 Å². The van der Waals surface area contributed by atoms with Gasteiger partial charge < -0.3 is 0 Å². The molecule has 0 aromatic carbocycles. The van der Waals surface area contributed by atoms with Crippen LogP contribution in [0.2, 0.25) is 0 Å². The van der Waals surface area contributed by atoms with E-state index in [0.29, 0.717) is 0 Å². The van der Waals surface area contributed by atoms with E-state index in [2.05, 4.69) is 16.8 Å². The van der Waals surface area contributed by atoms with Crippen LogP contribution in [-0.2, 0) is 0 Å². The minimum atomic E-state index is -0.719. The fourth-order valence-electron chi connectivity index (χ4n) is 1.34. The molecular formula is C11H19Cl2Si. The van der Waals surface area contributed by atoms with Crippen LogP contribution in [0.25, 0.3) is 0 Å². The van der Waals surface area contributed by atoms with Gasteiger partial charge in [-0.3, -0.25) is 0 Å². The van der Waals surface area contributed by atoms with E-state index in [0.717, 1.165) is 19.3 Å². The maximum absolute atomic E-state index is 5.78. The molecule has 0 aliphatic carbocycles. The highest BCUT2D eigenvalue weighted by atomic mass is 35.5. The highest BCUT2D eigenvalue weighted by Crippen LogP contribution is 2.23. The molecule has 0 bridgehead atoms. The van der Waals surface area contributed by atoms with Crippen molar-refractivity contribution in [3.63, 3.8) is 0 Å². The molecule has 0 rings (SSSR count). The predicted molar refractivity (Wildman–Crippen MR) is 67.3 cm³/mol. The van der Waals surface area contributed by atoms with Crippen molar-refractivity contribution in [3.05, 3.63) is 12.7 Å². The van der Waals surface area contributed by atoms with Gasteiger partial charge in [0.15, 0.2) is 0 Å². The second kappa shape index (κ2) is 8.81. The zero-order chi connectivity index (χ0) is 10.9. The Morgan fingerprint density at radius 1 is 1.00 bits per heavy atom. The third kappa shape index (κ3) is 12.5. The first kappa shape index (κ1) is 14.5. The van der Waals surface area contributed by atoms with Crippen LogP contribution in [0.3, 0.4) is 0 Å². The highest BCUT2D eigenvalue weighted by Gasteiger charge is 2.14. The Morgan fingerprint density at radius 2 is 1.50 bits per heavy atom. The molecule has 81 valence electrons. The second-order valence-corrected chi connectivity index (χ2v) is 6.62. The maximum Gasteiger partial charge on any atom is 0.0998 e. The van der Waals surface area contributed by atoms with Gasteiger partial charge >= 0.3 is 0 Å². The molecule has 0 heterocycles. The largest absolute Gasteiger partial charge is 0.107 e. The molecule has 0 saturated carbocycles. The normalized spacial score (nSPS) is 11.6. The molecule has 3 heteroatoms. The van der Waals surface area contributed by atoms with Crippen LogP contribution in [0, 0.1) is 0 Å². The first-order valence-corrected chi connectivity index (χ1v) is 6.55. The van der Waals surface area contributed by atoms with Crippen LogP contribution in [0.5, 0.6) is 0 Å². The van der Waals surface area contributed by atoms with Gasteiger partial charge in [0.05, 0.1) is 14.2 Å². The zero-order valence-electron chi connectivity index (χ0n) is 8.70. The number of rotatable bonds is 9. The van der Waals surface area contributed by atoms with Crippen molar-refractivity contribution < 1.29 is 0 Å². The van der Waals surface area contributed by atoms with E-state index in [4.69, 9.17) is 23.2 Å². The third-order valence-corrected chi connectivity index (χ3v) is 2.78. The van der Waals surface area contributed by atoms with Crippen molar-refractivity contribution in [3.8, 4) is 0 Å². The summed E-state index contributed by atoms with van der Waals surface area (Å²) in [7, 11) is 3.25. The SMILES string of the molecule is C=CCCCCCCCCC([Si])(Cl)Cl.